The van der Waals surface area contributed by atoms with E-state index in [0.29, 0.717) is 5.02 Å². The minimum atomic E-state index is 0.174. The molecule has 72 valence electrons. The fourth-order valence-corrected chi connectivity index (χ4v) is 1.30. The molecule has 0 saturated heterocycles. The van der Waals surface area contributed by atoms with E-state index in [9.17, 15) is 0 Å². The second kappa shape index (κ2) is 4.07. The van der Waals surface area contributed by atoms with E-state index >= 15 is 0 Å². The lowest BCUT2D eigenvalue weighted by Crippen LogP contribution is -1.88. The molecule has 0 saturated carbocycles. The SMILES string of the molecule is N#Cc1ncc(-c2ccc(Cl)cc2)cn1. The van der Waals surface area contributed by atoms with Gasteiger partial charge in [0.2, 0.25) is 5.82 Å². The average Bonchev–Trinajstić information content (AvgIpc) is 2.30. The highest BCUT2D eigenvalue weighted by Gasteiger charge is 1.99. The molecule has 0 aliphatic heterocycles. The van der Waals surface area contributed by atoms with E-state index in [1.54, 1.807) is 24.5 Å². The number of nitriles is 1. The summed E-state index contributed by atoms with van der Waals surface area (Å²) in [5, 5.41) is 9.23. The Morgan fingerprint density at radius 1 is 1.00 bits per heavy atom. The average molecular weight is 216 g/mol. The van der Waals surface area contributed by atoms with E-state index in [1.165, 1.54) is 0 Å². The maximum Gasteiger partial charge on any atom is 0.232 e. The summed E-state index contributed by atoms with van der Waals surface area (Å²) in [7, 11) is 0. The van der Waals surface area contributed by atoms with Crippen molar-refractivity contribution in [2.24, 2.45) is 0 Å². The van der Waals surface area contributed by atoms with Crippen molar-refractivity contribution in [2.45, 2.75) is 0 Å². The molecule has 1 aromatic carbocycles. The standard InChI is InChI=1S/C11H6ClN3/c12-10-3-1-8(2-4-10)9-6-14-11(5-13)15-7-9/h1-4,6-7H. The molecule has 3 nitrogen and oxygen atoms in total. The first kappa shape index (κ1) is 9.63. The summed E-state index contributed by atoms with van der Waals surface area (Å²) in [6, 6.07) is 9.24. The van der Waals surface area contributed by atoms with E-state index in [4.69, 9.17) is 16.9 Å². The summed E-state index contributed by atoms with van der Waals surface area (Å²) in [5.41, 5.74) is 1.84. The first-order valence-corrected chi connectivity index (χ1v) is 4.65. The molecule has 1 heterocycles. The van der Waals surface area contributed by atoms with Gasteiger partial charge >= 0.3 is 0 Å². The molecule has 0 aliphatic carbocycles. The summed E-state index contributed by atoms with van der Waals surface area (Å²) in [6.07, 6.45) is 3.24. The number of halogens is 1. The third-order valence-electron chi connectivity index (χ3n) is 1.93. The first-order valence-electron chi connectivity index (χ1n) is 4.27. The minimum Gasteiger partial charge on any atom is -0.227 e. The number of aromatic nitrogens is 2. The lowest BCUT2D eigenvalue weighted by atomic mass is 10.1. The molecule has 0 radical (unpaired) electrons. The van der Waals surface area contributed by atoms with Crippen molar-refractivity contribution in [3.05, 3.63) is 47.5 Å². The van der Waals surface area contributed by atoms with Crippen LogP contribution < -0.4 is 0 Å². The van der Waals surface area contributed by atoms with Crippen LogP contribution in [0, 0.1) is 11.3 Å². The van der Waals surface area contributed by atoms with Crippen LogP contribution in [0.5, 0.6) is 0 Å². The third-order valence-corrected chi connectivity index (χ3v) is 2.18. The predicted octanol–water partition coefficient (Wildman–Crippen LogP) is 2.67. The lowest BCUT2D eigenvalue weighted by Gasteiger charge is -1.99. The highest BCUT2D eigenvalue weighted by atomic mass is 35.5. The van der Waals surface area contributed by atoms with Gasteiger partial charge in [-0.2, -0.15) is 5.26 Å². The quantitative estimate of drug-likeness (QED) is 0.735. The molecule has 4 heteroatoms. The van der Waals surface area contributed by atoms with Gasteiger partial charge in [0.05, 0.1) is 0 Å². The Balaban J connectivity index is 2.38. The van der Waals surface area contributed by atoms with Gasteiger partial charge in [0, 0.05) is 23.0 Å². The highest BCUT2D eigenvalue weighted by Crippen LogP contribution is 2.19. The summed E-state index contributed by atoms with van der Waals surface area (Å²) in [5.74, 6) is 0.174. The van der Waals surface area contributed by atoms with Gasteiger partial charge in [-0.1, -0.05) is 23.7 Å². The van der Waals surface area contributed by atoms with Gasteiger partial charge in [0.1, 0.15) is 6.07 Å². The topological polar surface area (TPSA) is 49.6 Å². The van der Waals surface area contributed by atoms with Crippen LogP contribution in [-0.2, 0) is 0 Å². The molecule has 0 spiro atoms. The zero-order chi connectivity index (χ0) is 10.7. The molecule has 2 aromatic rings. The van der Waals surface area contributed by atoms with Crippen molar-refractivity contribution in [1.29, 1.82) is 5.26 Å². The Kier molecular flexibility index (Phi) is 2.61. The van der Waals surface area contributed by atoms with Gasteiger partial charge in [0.15, 0.2) is 0 Å². The zero-order valence-electron chi connectivity index (χ0n) is 7.68. The Bertz CT molecular complexity index is 497. The van der Waals surface area contributed by atoms with E-state index in [1.807, 2.05) is 18.2 Å². The molecule has 1 aromatic heterocycles. The molecule has 0 atom stereocenters. The zero-order valence-corrected chi connectivity index (χ0v) is 8.44. The largest absolute Gasteiger partial charge is 0.232 e. The van der Waals surface area contributed by atoms with Crippen molar-refractivity contribution in [1.82, 2.24) is 9.97 Å². The molecule has 2 rings (SSSR count). The predicted molar refractivity (Wildman–Crippen MR) is 57.2 cm³/mol. The maximum atomic E-state index is 8.54. The number of hydrogen-bond donors (Lipinski definition) is 0. The van der Waals surface area contributed by atoms with Crippen molar-refractivity contribution in [2.75, 3.05) is 0 Å². The normalized spacial score (nSPS) is 9.60. The summed E-state index contributed by atoms with van der Waals surface area (Å²) >= 11 is 5.77. The molecule has 0 unspecified atom stereocenters. The fourth-order valence-electron chi connectivity index (χ4n) is 1.18. The van der Waals surface area contributed by atoms with Crippen LogP contribution in [-0.4, -0.2) is 9.97 Å². The molecule has 0 aliphatic rings. The monoisotopic (exact) mass is 215 g/mol. The third kappa shape index (κ3) is 2.12. The van der Waals surface area contributed by atoms with Crippen LogP contribution in [0.2, 0.25) is 5.02 Å². The van der Waals surface area contributed by atoms with Gasteiger partial charge < -0.3 is 0 Å². The molecular weight excluding hydrogens is 210 g/mol. The van der Waals surface area contributed by atoms with Crippen LogP contribution in [0.15, 0.2) is 36.7 Å². The summed E-state index contributed by atoms with van der Waals surface area (Å²) in [6.45, 7) is 0. The number of rotatable bonds is 1. The Morgan fingerprint density at radius 2 is 1.60 bits per heavy atom. The lowest BCUT2D eigenvalue weighted by molar-refractivity contribution is 1.12. The van der Waals surface area contributed by atoms with Crippen LogP contribution in [0.4, 0.5) is 0 Å². The molecular formula is C11H6ClN3. The number of benzene rings is 1. The molecule has 0 fully saturated rings. The molecule has 0 N–H and O–H groups in total. The van der Waals surface area contributed by atoms with Crippen LogP contribution in [0.25, 0.3) is 11.1 Å². The van der Waals surface area contributed by atoms with Crippen molar-refractivity contribution >= 4 is 11.6 Å². The Labute approximate surface area is 92.0 Å². The Morgan fingerprint density at radius 3 is 2.13 bits per heavy atom. The fraction of sp³-hybridized carbons (Fsp3) is 0. The second-order valence-electron chi connectivity index (χ2n) is 2.91. The molecule has 0 amide bonds. The van der Waals surface area contributed by atoms with Crippen molar-refractivity contribution in [3.63, 3.8) is 0 Å². The van der Waals surface area contributed by atoms with Crippen LogP contribution >= 0.6 is 11.6 Å². The number of nitrogens with zero attached hydrogens (tertiary/aromatic N) is 3. The van der Waals surface area contributed by atoms with Gasteiger partial charge in [-0.3, -0.25) is 0 Å². The molecule has 15 heavy (non-hydrogen) atoms. The highest BCUT2D eigenvalue weighted by molar-refractivity contribution is 6.30. The summed E-state index contributed by atoms with van der Waals surface area (Å²) in [4.78, 5) is 7.78. The van der Waals surface area contributed by atoms with Crippen LogP contribution in [0.3, 0.4) is 0 Å². The Hall–Kier alpha value is -1.92. The van der Waals surface area contributed by atoms with Gasteiger partial charge in [0.25, 0.3) is 0 Å². The van der Waals surface area contributed by atoms with Crippen molar-refractivity contribution in [3.8, 4) is 17.2 Å². The molecule has 0 bridgehead atoms. The van der Waals surface area contributed by atoms with Gasteiger partial charge in [-0.15, -0.1) is 0 Å². The van der Waals surface area contributed by atoms with E-state index in [-0.39, 0.29) is 5.82 Å². The van der Waals surface area contributed by atoms with Crippen LogP contribution in [0.1, 0.15) is 5.82 Å². The first-order chi connectivity index (χ1) is 7.29. The van der Waals surface area contributed by atoms with E-state index < -0.39 is 0 Å². The van der Waals surface area contributed by atoms with Gasteiger partial charge in [-0.05, 0) is 17.7 Å². The second-order valence-corrected chi connectivity index (χ2v) is 3.35. The van der Waals surface area contributed by atoms with E-state index in [2.05, 4.69) is 9.97 Å². The minimum absolute atomic E-state index is 0.174. The van der Waals surface area contributed by atoms with Crippen molar-refractivity contribution < 1.29 is 0 Å². The smallest absolute Gasteiger partial charge is 0.227 e. The van der Waals surface area contributed by atoms with E-state index in [0.717, 1.165) is 11.1 Å². The summed E-state index contributed by atoms with van der Waals surface area (Å²) < 4.78 is 0. The van der Waals surface area contributed by atoms with Gasteiger partial charge in [-0.25, -0.2) is 9.97 Å². The maximum absolute atomic E-state index is 8.54. The number of hydrogen-bond acceptors (Lipinski definition) is 3.